The Morgan fingerprint density at radius 1 is 1.80 bits per heavy atom. The third-order valence-corrected chi connectivity index (χ3v) is 0.360. The maximum atomic E-state index is 4.95. The molecule has 0 spiro atoms. The molecule has 0 saturated carbocycles. The van der Waals surface area contributed by atoms with E-state index < -0.39 is 0 Å². The summed E-state index contributed by atoms with van der Waals surface area (Å²) in [5, 5.41) is 8.26. The zero-order valence-corrected chi connectivity index (χ0v) is 2.52. The van der Waals surface area contributed by atoms with Gasteiger partial charge in [-0.3, -0.25) is 5.10 Å². The number of nitrogens with one attached hydrogen (secondary N) is 2. The average Bonchev–Trinajstić information content (AvgIpc) is 1.30. The van der Waals surface area contributed by atoms with Crippen LogP contribution >= 0.6 is 0 Å². The third kappa shape index (κ3) is 0.137. The second-order valence-corrected chi connectivity index (χ2v) is 0.734. The van der Waals surface area contributed by atoms with E-state index in [9.17, 15) is 0 Å². The lowest BCUT2D eigenvalue weighted by Crippen LogP contribution is -2.02. The fourth-order valence-electron chi connectivity index (χ4n) is 0.120. The smallest absolute Gasteiger partial charge is 0.233 e. The van der Waals surface area contributed by atoms with Crippen molar-refractivity contribution in [3.8, 4) is 0 Å². The maximum absolute atomic E-state index is 4.95. The van der Waals surface area contributed by atoms with Gasteiger partial charge < -0.3 is 5.73 Å². The van der Waals surface area contributed by atoms with Gasteiger partial charge in [0.25, 0.3) is 0 Å². The molecule has 1 aromatic heterocycles. The van der Waals surface area contributed by atoms with Crippen molar-refractivity contribution >= 4 is 5.95 Å². The molecule has 5 heavy (non-hydrogen) atoms. The fraction of sp³-hybridized carbons (Fsp3) is 0. The molecule has 1 rings (SSSR count). The van der Waals surface area contributed by atoms with Gasteiger partial charge in [-0.05, 0) is 0 Å². The van der Waals surface area contributed by atoms with Crippen molar-refractivity contribution < 1.29 is 0 Å². The summed E-state index contributed by atoms with van der Waals surface area (Å²) < 4.78 is 0. The number of nitrogen functional groups attached to an aromatic ring is 1. The Bertz CT molecular complexity index is 85.8. The Morgan fingerprint density at radius 3 is 2.20 bits per heavy atom. The number of rotatable bonds is 0. The van der Waals surface area contributed by atoms with Crippen LogP contribution in [0.1, 0.15) is 0 Å². The summed E-state index contributed by atoms with van der Waals surface area (Å²) in [4.78, 5) is 0. The molecule has 4 N–H and O–H groups in total. The second-order valence-electron chi connectivity index (χ2n) is 0.734. The predicted molar refractivity (Wildman–Crippen MR) is 17.4 cm³/mol. The van der Waals surface area contributed by atoms with E-state index in [-0.39, 0.29) is 0 Å². The normalized spacial score (nSPS) is 8.80. The van der Waals surface area contributed by atoms with E-state index in [1.807, 2.05) is 0 Å². The zero-order valence-electron chi connectivity index (χ0n) is 2.52. The summed E-state index contributed by atoms with van der Waals surface area (Å²) in [6.45, 7) is 0. The molecule has 0 fully saturated rings. The molecular weight excluding hydrogens is 68.0 g/mol. The van der Waals surface area contributed by atoms with Crippen molar-refractivity contribution in [3.05, 3.63) is 0 Å². The molecule has 4 heteroatoms. The first-order valence-electron chi connectivity index (χ1n) is 1.24. The van der Waals surface area contributed by atoms with Crippen LogP contribution in [0.25, 0.3) is 0 Å². The van der Waals surface area contributed by atoms with Crippen molar-refractivity contribution in [3.63, 3.8) is 0 Å². The van der Waals surface area contributed by atoms with Crippen molar-refractivity contribution in [2.24, 2.45) is 0 Å². The number of aromatic nitrogens is 3. The van der Waals surface area contributed by atoms with Gasteiger partial charge in [0.1, 0.15) is 0 Å². The van der Waals surface area contributed by atoms with E-state index in [1.165, 1.54) is 0 Å². The summed E-state index contributed by atoms with van der Waals surface area (Å²) >= 11 is 0. The van der Waals surface area contributed by atoms with Gasteiger partial charge in [-0.15, -0.1) is 5.10 Å². The molecule has 1 heterocycles. The Labute approximate surface area is 28.3 Å². The zero-order chi connectivity index (χ0) is 3.70. The van der Waals surface area contributed by atoms with E-state index >= 15 is 0 Å². The lowest BCUT2D eigenvalue weighted by atomic mass is 11.1. The summed E-state index contributed by atoms with van der Waals surface area (Å²) in [6.07, 6.45) is 0. The standard InChI is InChI=1S/CH4N4/c2-1-3-5-4-1/h5H,(H3,2,3,4). The molecule has 0 atom stereocenters. The minimum absolute atomic E-state index is 0.449. The van der Waals surface area contributed by atoms with Crippen LogP contribution < -0.4 is 5.73 Å². The number of hydrogen-bond donors (Lipinski definition) is 3. The van der Waals surface area contributed by atoms with Gasteiger partial charge in [-0.2, -0.15) is 0 Å². The molecular formula is CH4N4. The Hall–Kier alpha value is -0.930. The highest BCUT2D eigenvalue weighted by Crippen LogP contribution is 1.75. The molecule has 0 amide bonds. The lowest BCUT2D eigenvalue weighted by molar-refractivity contribution is 0.785. The summed E-state index contributed by atoms with van der Waals surface area (Å²) in [7, 11) is 0. The van der Waals surface area contributed by atoms with E-state index in [0.29, 0.717) is 5.95 Å². The van der Waals surface area contributed by atoms with E-state index in [4.69, 9.17) is 5.73 Å². The summed E-state index contributed by atoms with van der Waals surface area (Å²) in [6, 6.07) is 0. The topological polar surface area (TPSA) is 70.5 Å². The summed E-state index contributed by atoms with van der Waals surface area (Å²) in [5.74, 6) is 0.449. The van der Waals surface area contributed by atoms with Crippen LogP contribution in [0.4, 0.5) is 5.95 Å². The molecule has 0 bridgehead atoms. The van der Waals surface area contributed by atoms with Crippen molar-refractivity contribution in [2.75, 3.05) is 5.73 Å². The van der Waals surface area contributed by atoms with Gasteiger partial charge in [-0.1, -0.05) is 0 Å². The molecule has 0 unspecified atom stereocenters. The molecule has 0 aliphatic heterocycles. The monoisotopic (exact) mass is 72.0 g/mol. The van der Waals surface area contributed by atoms with E-state index in [2.05, 4.69) is 15.4 Å². The molecule has 0 aliphatic rings. The predicted octanol–water partition coefficient (Wildman–Crippen LogP) is -0.680. The largest absolute Gasteiger partial charge is 0.367 e. The van der Waals surface area contributed by atoms with Gasteiger partial charge in [0, 0.05) is 0 Å². The molecule has 28 valence electrons. The number of nitrogens with zero attached hydrogens (tertiary/aromatic N) is 1. The second kappa shape index (κ2) is 0.512. The van der Waals surface area contributed by atoms with Gasteiger partial charge >= 0.3 is 0 Å². The first kappa shape index (κ1) is 2.32. The highest BCUT2D eigenvalue weighted by Gasteiger charge is 1.76. The highest BCUT2D eigenvalue weighted by molar-refractivity contribution is 5.07. The number of anilines is 1. The van der Waals surface area contributed by atoms with Crippen molar-refractivity contribution in [1.29, 1.82) is 0 Å². The van der Waals surface area contributed by atoms with Crippen LogP contribution in [0.3, 0.4) is 0 Å². The van der Waals surface area contributed by atoms with Crippen LogP contribution in [0, 0.1) is 0 Å². The molecule has 0 radical (unpaired) electrons. The molecule has 1 aromatic rings. The molecule has 0 aliphatic carbocycles. The summed E-state index contributed by atoms with van der Waals surface area (Å²) in [5.41, 5.74) is 4.95. The van der Waals surface area contributed by atoms with Gasteiger partial charge in [0.2, 0.25) is 5.95 Å². The van der Waals surface area contributed by atoms with Gasteiger partial charge in [0.05, 0.1) is 0 Å². The van der Waals surface area contributed by atoms with E-state index in [1.54, 1.807) is 0 Å². The van der Waals surface area contributed by atoms with Gasteiger partial charge in [0.15, 0.2) is 0 Å². The Kier molecular flexibility index (Phi) is 0.237. The molecule has 0 aromatic carbocycles. The van der Waals surface area contributed by atoms with Crippen molar-refractivity contribution in [1.82, 2.24) is 15.4 Å². The van der Waals surface area contributed by atoms with Gasteiger partial charge in [-0.25, -0.2) is 5.21 Å². The van der Waals surface area contributed by atoms with E-state index in [0.717, 1.165) is 0 Å². The number of nitrogens with two attached hydrogens (primary N) is 1. The van der Waals surface area contributed by atoms with Crippen molar-refractivity contribution in [2.45, 2.75) is 0 Å². The maximum Gasteiger partial charge on any atom is 0.233 e. The van der Waals surface area contributed by atoms with Crippen LogP contribution in [0.5, 0.6) is 0 Å². The van der Waals surface area contributed by atoms with Crippen LogP contribution in [0.2, 0.25) is 0 Å². The number of H-pyrrole nitrogens is 2. The lowest BCUT2D eigenvalue weighted by Gasteiger charge is -1.89. The Morgan fingerprint density at radius 2 is 2.20 bits per heavy atom. The number of aromatic amines is 2. The van der Waals surface area contributed by atoms with Crippen LogP contribution in [-0.4, -0.2) is 15.4 Å². The Balaban J connectivity index is 2.83. The third-order valence-electron chi connectivity index (χ3n) is 0.360. The minimum Gasteiger partial charge on any atom is -0.367 e. The quantitative estimate of drug-likeness (QED) is 0.380. The highest BCUT2D eigenvalue weighted by atomic mass is 15.4. The average molecular weight is 72.1 g/mol. The van der Waals surface area contributed by atoms with Crippen LogP contribution in [-0.2, 0) is 0 Å². The fourth-order valence-corrected chi connectivity index (χ4v) is 0.120. The molecule has 0 saturated heterocycles. The van der Waals surface area contributed by atoms with Crippen LogP contribution in [0.15, 0.2) is 0 Å². The first-order chi connectivity index (χ1) is 2.39. The first-order valence-corrected chi connectivity index (χ1v) is 1.24. The SMILES string of the molecule is Nc1n[nH][nH]1. The number of hydrogen-bond acceptors (Lipinski definition) is 2. The minimum atomic E-state index is 0.449. The molecule has 4 nitrogen and oxygen atoms in total.